The highest BCUT2D eigenvalue weighted by Gasteiger charge is 2.30. The molecule has 2 aromatic carbocycles. The van der Waals surface area contributed by atoms with Crippen LogP contribution in [0.25, 0.3) is 0 Å². The van der Waals surface area contributed by atoms with Crippen molar-refractivity contribution in [2.75, 3.05) is 44.4 Å². The third kappa shape index (κ3) is 4.29. The van der Waals surface area contributed by atoms with E-state index in [2.05, 4.69) is 10.2 Å². The number of fused-ring (bicyclic) bond motifs is 1. The van der Waals surface area contributed by atoms with Gasteiger partial charge < -0.3 is 25.4 Å². The lowest BCUT2D eigenvalue weighted by molar-refractivity contribution is 0.0510. The molecule has 8 heteroatoms. The summed E-state index contributed by atoms with van der Waals surface area (Å²) in [6.07, 6.45) is 0. The van der Waals surface area contributed by atoms with E-state index < -0.39 is 11.8 Å². The van der Waals surface area contributed by atoms with Crippen molar-refractivity contribution in [1.82, 2.24) is 5.32 Å². The van der Waals surface area contributed by atoms with E-state index in [9.17, 15) is 14.4 Å². The third-order valence-electron chi connectivity index (χ3n) is 5.27. The first-order valence-electron chi connectivity index (χ1n) is 10.1. The molecule has 0 radical (unpaired) electrons. The second-order valence-corrected chi connectivity index (χ2v) is 7.20. The van der Waals surface area contributed by atoms with E-state index in [0.29, 0.717) is 29.9 Å². The van der Waals surface area contributed by atoms with E-state index in [4.69, 9.17) is 15.2 Å². The van der Waals surface area contributed by atoms with Crippen LogP contribution in [0.3, 0.4) is 0 Å². The lowest BCUT2D eigenvalue weighted by Gasteiger charge is -2.28. The molecule has 1 fully saturated rings. The molecule has 0 amide bonds. The molecule has 0 unspecified atom stereocenters. The molecule has 1 aliphatic carbocycles. The van der Waals surface area contributed by atoms with E-state index in [1.54, 1.807) is 36.4 Å². The average molecular weight is 421 g/mol. The SMILES string of the molecule is NC1=C(NCCOC(=O)c2ccc(N3CCOCC3)cc2)C(=O)c2ccccc2C1=O. The molecule has 160 valence electrons. The van der Waals surface area contributed by atoms with Crippen LogP contribution in [-0.4, -0.2) is 57.0 Å². The molecule has 0 saturated carbocycles. The Hall–Kier alpha value is -3.65. The first kappa shape index (κ1) is 20.6. The molecule has 8 nitrogen and oxygen atoms in total. The lowest BCUT2D eigenvalue weighted by Crippen LogP contribution is -2.36. The quantitative estimate of drug-likeness (QED) is 0.534. The topological polar surface area (TPSA) is 111 Å². The van der Waals surface area contributed by atoms with Crippen LogP contribution in [0.15, 0.2) is 59.9 Å². The molecule has 1 saturated heterocycles. The van der Waals surface area contributed by atoms with Crippen molar-refractivity contribution < 1.29 is 23.9 Å². The maximum Gasteiger partial charge on any atom is 0.338 e. The monoisotopic (exact) mass is 421 g/mol. The number of esters is 1. The number of allylic oxidation sites excluding steroid dienone is 2. The second-order valence-electron chi connectivity index (χ2n) is 7.20. The molecule has 4 rings (SSSR count). The number of carbonyl (C=O) groups excluding carboxylic acids is 3. The van der Waals surface area contributed by atoms with Crippen molar-refractivity contribution in [3.63, 3.8) is 0 Å². The molecule has 0 atom stereocenters. The van der Waals surface area contributed by atoms with Gasteiger partial charge in [-0.2, -0.15) is 0 Å². The van der Waals surface area contributed by atoms with Crippen molar-refractivity contribution in [2.45, 2.75) is 0 Å². The Morgan fingerprint density at radius 3 is 2.32 bits per heavy atom. The predicted molar refractivity (Wildman–Crippen MR) is 114 cm³/mol. The van der Waals surface area contributed by atoms with E-state index in [1.165, 1.54) is 0 Å². The number of hydrogen-bond donors (Lipinski definition) is 2. The first-order valence-corrected chi connectivity index (χ1v) is 10.1. The zero-order valence-electron chi connectivity index (χ0n) is 16.9. The summed E-state index contributed by atoms with van der Waals surface area (Å²) in [4.78, 5) is 39.5. The van der Waals surface area contributed by atoms with Crippen molar-refractivity contribution in [1.29, 1.82) is 0 Å². The number of ether oxygens (including phenoxy) is 2. The molecular weight excluding hydrogens is 398 g/mol. The Morgan fingerprint density at radius 1 is 1.00 bits per heavy atom. The van der Waals surface area contributed by atoms with Gasteiger partial charge in [0.05, 0.1) is 18.8 Å². The molecule has 0 bridgehead atoms. The van der Waals surface area contributed by atoms with Crippen LogP contribution in [0, 0.1) is 0 Å². The largest absolute Gasteiger partial charge is 0.460 e. The van der Waals surface area contributed by atoms with Crippen molar-refractivity contribution in [2.24, 2.45) is 5.73 Å². The van der Waals surface area contributed by atoms with Crippen LogP contribution < -0.4 is 16.0 Å². The van der Waals surface area contributed by atoms with Crippen molar-refractivity contribution >= 4 is 23.2 Å². The summed E-state index contributed by atoms with van der Waals surface area (Å²) in [6.45, 7) is 3.19. The third-order valence-corrected chi connectivity index (χ3v) is 5.27. The summed E-state index contributed by atoms with van der Waals surface area (Å²) in [5, 5.41) is 2.84. The maximum absolute atomic E-state index is 12.6. The minimum Gasteiger partial charge on any atom is -0.460 e. The summed E-state index contributed by atoms with van der Waals surface area (Å²) in [6, 6.07) is 13.8. The zero-order valence-corrected chi connectivity index (χ0v) is 16.9. The van der Waals surface area contributed by atoms with Gasteiger partial charge in [0, 0.05) is 36.4 Å². The van der Waals surface area contributed by atoms with Crippen LogP contribution in [0.1, 0.15) is 31.1 Å². The zero-order chi connectivity index (χ0) is 21.8. The number of nitrogens with two attached hydrogens (primary N) is 1. The summed E-state index contributed by atoms with van der Waals surface area (Å²) in [7, 11) is 0. The van der Waals surface area contributed by atoms with Crippen LogP contribution in [0.5, 0.6) is 0 Å². The van der Waals surface area contributed by atoms with Gasteiger partial charge in [0.15, 0.2) is 0 Å². The highest BCUT2D eigenvalue weighted by molar-refractivity contribution is 6.26. The van der Waals surface area contributed by atoms with Gasteiger partial charge in [-0.25, -0.2) is 4.79 Å². The number of benzene rings is 2. The predicted octanol–water partition coefficient (Wildman–Crippen LogP) is 1.52. The fourth-order valence-electron chi connectivity index (χ4n) is 3.60. The molecule has 31 heavy (non-hydrogen) atoms. The standard InChI is InChI=1S/C23H23N3O5/c24-19-20(22(28)18-4-2-1-3-17(18)21(19)27)25-9-12-31-23(29)15-5-7-16(8-6-15)26-10-13-30-14-11-26/h1-8,25H,9-14,24H2. The van der Waals surface area contributed by atoms with Gasteiger partial charge >= 0.3 is 5.97 Å². The van der Waals surface area contributed by atoms with E-state index in [1.807, 2.05) is 12.1 Å². The van der Waals surface area contributed by atoms with Gasteiger partial charge in [-0.15, -0.1) is 0 Å². The Kier molecular flexibility index (Phi) is 5.99. The number of carbonyl (C=O) groups is 3. The van der Waals surface area contributed by atoms with E-state index >= 15 is 0 Å². The normalized spacial score (nSPS) is 16.2. The first-order chi connectivity index (χ1) is 15.1. The Bertz CT molecular complexity index is 1040. The number of morpholine rings is 1. The molecule has 1 heterocycles. The number of Topliss-reactive ketones (excluding diaryl/α,β-unsaturated/α-hetero) is 2. The molecule has 1 aliphatic heterocycles. The van der Waals surface area contributed by atoms with Gasteiger partial charge in [-0.05, 0) is 24.3 Å². The number of nitrogens with zero attached hydrogens (tertiary/aromatic N) is 1. The van der Waals surface area contributed by atoms with Gasteiger partial charge in [-0.1, -0.05) is 24.3 Å². The van der Waals surface area contributed by atoms with Crippen molar-refractivity contribution in [3.05, 3.63) is 76.6 Å². The minimum atomic E-state index is -0.464. The van der Waals surface area contributed by atoms with E-state index in [0.717, 1.165) is 18.8 Å². The van der Waals surface area contributed by atoms with Crippen LogP contribution in [0.2, 0.25) is 0 Å². The second kappa shape index (κ2) is 9.01. The smallest absolute Gasteiger partial charge is 0.338 e. The van der Waals surface area contributed by atoms with Gasteiger partial charge in [0.2, 0.25) is 11.6 Å². The van der Waals surface area contributed by atoms with Crippen molar-refractivity contribution in [3.8, 4) is 0 Å². The average Bonchev–Trinajstić information content (AvgIpc) is 2.82. The molecule has 3 N–H and O–H groups in total. The number of nitrogens with one attached hydrogen (secondary N) is 1. The van der Waals surface area contributed by atoms with Gasteiger partial charge in [0.1, 0.15) is 18.0 Å². The van der Waals surface area contributed by atoms with Gasteiger partial charge in [0.25, 0.3) is 0 Å². The maximum atomic E-state index is 12.6. The fourth-order valence-corrected chi connectivity index (χ4v) is 3.60. The molecule has 2 aromatic rings. The molecule has 0 spiro atoms. The number of ketones is 2. The molecule has 2 aliphatic rings. The van der Waals surface area contributed by atoms with Gasteiger partial charge in [-0.3, -0.25) is 9.59 Å². The summed E-state index contributed by atoms with van der Waals surface area (Å²) in [5.41, 5.74) is 7.84. The fraction of sp³-hybridized carbons (Fsp3) is 0.261. The number of anilines is 1. The summed E-state index contributed by atoms with van der Waals surface area (Å²) in [5.74, 6) is -1.21. The van der Waals surface area contributed by atoms with Crippen LogP contribution in [-0.2, 0) is 9.47 Å². The lowest BCUT2D eigenvalue weighted by atomic mass is 9.90. The molecule has 0 aromatic heterocycles. The van der Waals surface area contributed by atoms with Crippen LogP contribution in [0.4, 0.5) is 5.69 Å². The molecular formula is C23H23N3O5. The van der Waals surface area contributed by atoms with E-state index in [-0.39, 0.29) is 30.3 Å². The van der Waals surface area contributed by atoms with Crippen LogP contribution >= 0.6 is 0 Å². The Labute approximate surface area is 179 Å². The highest BCUT2D eigenvalue weighted by atomic mass is 16.5. The number of rotatable bonds is 6. The highest BCUT2D eigenvalue weighted by Crippen LogP contribution is 2.22. The summed E-state index contributed by atoms with van der Waals surface area (Å²) >= 11 is 0. The minimum absolute atomic E-state index is 0.0178. The summed E-state index contributed by atoms with van der Waals surface area (Å²) < 4.78 is 10.6. The Morgan fingerprint density at radius 2 is 1.65 bits per heavy atom. The Balaban J connectivity index is 1.30. The number of hydrogen-bond acceptors (Lipinski definition) is 8.